The van der Waals surface area contributed by atoms with Crippen LogP contribution >= 0.6 is 0 Å². The van der Waals surface area contributed by atoms with Crippen molar-refractivity contribution in [1.29, 1.82) is 0 Å². The molecule has 0 radical (unpaired) electrons. The predicted octanol–water partition coefficient (Wildman–Crippen LogP) is 2.78. The number of fused-ring (bicyclic) bond motifs is 1. The molecule has 0 unspecified atom stereocenters. The Labute approximate surface area is 159 Å². The Bertz CT molecular complexity index is 1070. The van der Waals surface area contributed by atoms with Crippen molar-refractivity contribution in [2.75, 3.05) is 0 Å². The molecule has 3 aromatic rings. The zero-order valence-electron chi connectivity index (χ0n) is 14.8. The van der Waals surface area contributed by atoms with Gasteiger partial charge in [-0.25, -0.2) is 19.0 Å². The van der Waals surface area contributed by atoms with Crippen LogP contribution < -0.4 is 11.1 Å². The van der Waals surface area contributed by atoms with Crippen molar-refractivity contribution in [3.63, 3.8) is 0 Å². The molecule has 1 atom stereocenters. The molecule has 8 heteroatoms. The van der Waals surface area contributed by atoms with Gasteiger partial charge in [-0.05, 0) is 43.3 Å². The molecule has 2 aromatic carbocycles. The van der Waals surface area contributed by atoms with Gasteiger partial charge in [0.25, 0.3) is 5.91 Å². The first-order valence-electron chi connectivity index (χ1n) is 8.32. The second-order valence-electron chi connectivity index (χ2n) is 5.98. The van der Waals surface area contributed by atoms with Crippen molar-refractivity contribution in [3.05, 3.63) is 66.0 Å². The lowest BCUT2D eigenvalue weighted by Crippen LogP contribution is -2.42. The molecule has 1 aromatic heterocycles. The summed E-state index contributed by atoms with van der Waals surface area (Å²) >= 11 is 0. The van der Waals surface area contributed by atoms with Gasteiger partial charge in [0.1, 0.15) is 5.82 Å². The van der Waals surface area contributed by atoms with Gasteiger partial charge >= 0.3 is 12.0 Å². The van der Waals surface area contributed by atoms with Crippen LogP contribution in [0, 0.1) is 5.82 Å². The Balaban J connectivity index is 1.99. The maximum absolute atomic E-state index is 13.2. The molecule has 3 amide bonds. The van der Waals surface area contributed by atoms with Crippen LogP contribution in [-0.4, -0.2) is 29.0 Å². The molecule has 0 spiro atoms. The van der Waals surface area contributed by atoms with Gasteiger partial charge in [-0.1, -0.05) is 18.2 Å². The highest BCUT2D eigenvalue weighted by Crippen LogP contribution is 2.26. The number of carbonyl (C=O) groups excluding carboxylic acids is 3. The number of hydrogen-bond acceptors (Lipinski definition) is 5. The molecule has 0 bridgehead atoms. The number of rotatable bonds is 4. The summed E-state index contributed by atoms with van der Waals surface area (Å²) in [5.41, 5.74) is 6.67. The van der Waals surface area contributed by atoms with Crippen LogP contribution in [0.1, 0.15) is 17.3 Å². The van der Waals surface area contributed by atoms with Crippen molar-refractivity contribution in [3.8, 4) is 11.3 Å². The molecule has 28 heavy (non-hydrogen) atoms. The number of nitrogens with two attached hydrogens (primary N) is 1. The van der Waals surface area contributed by atoms with Gasteiger partial charge in [0, 0.05) is 10.9 Å². The average Bonchev–Trinajstić information content (AvgIpc) is 2.67. The third kappa shape index (κ3) is 4.12. The van der Waals surface area contributed by atoms with E-state index in [-0.39, 0.29) is 5.56 Å². The number of amides is 3. The fourth-order valence-corrected chi connectivity index (χ4v) is 2.61. The van der Waals surface area contributed by atoms with Crippen molar-refractivity contribution in [2.45, 2.75) is 13.0 Å². The number of para-hydroxylation sites is 1. The Morgan fingerprint density at radius 1 is 1.11 bits per heavy atom. The molecule has 0 aliphatic carbocycles. The zero-order valence-corrected chi connectivity index (χ0v) is 14.8. The highest BCUT2D eigenvalue weighted by Gasteiger charge is 2.22. The van der Waals surface area contributed by atoms with Crippen LogP contribution in [-0.2, 0) is 9.53 Å². The lowest BCUT2D eigenvalue weighted by Gasteiger charge is -2.14. The smallest absolute Gasteiger partial charge is 0.339 e. The molecule has 142 valence electrons. The van der Waals surface area contributed by atoms with Crippen LogP contribution in [0.15, 0.2) is 54.6 Å². The Morgan fingerprint density at radius 2 is 1.79 bits per heavy atom. The van der Waals surface area contributed by atoms with Crippen molar-refractivity contribution in [1.82, 2.24) is 10.3 Å². The van der Waals surface area contributed by atoms with E-state index in [4.69, 9.17) is 10.5 Å². The summed E-state index contributed by atoms with van der Waals surface area (Å²) in [4.78, 5) is 39.7. The van der Waals surface area contributed by atoms with E-state index in [0.717, 1.165) is 0 Å². The quantitative estimate of drug-likeness (QED) is 0.675. The number of benzene rings is 2. The van der Waals surface area contributed by atoms with E-state index in [9.17, 15) is 18.8 Å². The molecule has 0 saturated carbocycles. The van der Waals surface area contributed by atoms with Crippen LogP contribution in [0.5, 0.6) is 0 Å². The summed E-state index contributed by atoms with van der Waals surface area (Å²) in [5, 5.41) is 2.38. The topological polar surface area (TPSA) is 111 Å². The number of nitrogens with one attached hydrogen (secondary N) is 1. The number of carbonyl (C=O) groups is 3. The van der Waals surface area contributed by atoms with E-state index in [1.807, 2.05) is 5.32 Å². The summed E-state index contributed by atoms with van der Waals surface area (Å²) in [6, 6.07) is 13.1. The molecule has 1 heterocycles. The normalized spacial score (nSPS) is 11.6. The summed E-state index contributed by atoms with van der Waals surface area (Å²) in [6.45, 7) is 1.32. The first-order valence-corrected chi connectivity index (χ1v) is 8.32. The molecule has 0 aliphatic heterocycles. The fraction of sp³-hybridized carbons (Fsp3) is 0.100. The Kier molecular flexibility index (Phi) is 5.30. The number of hydrogen-bond donors (Lipinski definition) is 2. The highest BCUT2D eigenvalue weighted by atomic mass is 19.1. The second kappa shape index (κ2) is 7.83. The molecule has 3 N–H and O–H groups in total. The van der Waals surface area contributed by atoms with Crippen LogP contribution in [0.25, 0.3) is 22.2 Å². The summed E-state index contributed by atoms with van der Waals surface area (Å²) in [7, 11) is 0. The molecular weight excluding hydrogens is 365 g/mol. The molecule has 0 aliphatic rings. The van der Waals surface area contributed by atoms with E-state index in [1.54, 1.807) is 36.4 Å². The number of halogens is 1. The molecule has 7 nitrogen and oxygen atoms in total. The number of imide groups is 1. The van der Waals surface area contributed by atoms with Crippen molar-refractivity contribution < 1.29 is 23.5 Å². The van der Waals surface area contributed by atoms with Crippen molar-refractivity contribution in [2.24, 2.45) is 5.73 Å². The fourth-order valence-electron chi connectivity index (χ4n) is 2.61. The largest absolute Gasteiger partial charge is 0.449 e. The van der Waals surface area contributed by atoms with Gasteiger partial charge in [0.15, 0.2) is 6.10 Å². The number of urea groups is 1. The molecule has 3 rings (SSSR count). The van der Waals surface area contributed by atoms with Gasteiger partial charge in [0.05, 0.1) is 16.8 Å². The van der Waals surface area contributed by atoms with Crippen LogP contribution in [0.2, 0.25) is 0 Å². The molecule has 0 saturated heterocycles. The maximum atomic E-state index is 13.2. The van der Waals surface area contributed by atoms with E-state index >= 15 is 0 Å². The summed E-state index contributed by atoms with van der Waals surface area (Å²) in [5.74, 6) is -1.99. The zero-order chi connectivity index (χ0) is 20.3. The summed E-state index contributed by atoms with van der Waals surface area (Å²) < 4.78 is 18.4. The van der Waals surface area contributed by atoms with Crippen LogP contribution in [0.4, 0.5) is 9.18 Å². The standard InChI is InChI=1S/C20H16FN3O4/c1-11(18(25)24-20(22)27)28-19(26)15-10-17(12-6-8-13(21)9-7-12)23-16-5-3-2-4-14(15)16/h2-11H,1H3,(H3,22,24,25,27)/t11-/m0/s1. The third-order valence-electron chi connectivity index (χ3n) is 3.98. The number of nitrogens with zero attached hydrogens (tertiary/aromatic N) is 1. The summed E-state index contributed by atoms with van der Waals surface area (Å²) in [6.07, 6.45) is -1.24. The second-order valence-corrected chi connectivity index (χ2v) is 5.98. The first kappa shape index (κ1) is 19.0. The first-order chi connectivity index (χ1) is 13.3. The van der Waals surface area contributed by atoms with Gasteiger partial charge in [-0.15, -0.1) is 0 Å². The van der Waals surface area contributed by atoms with Gasteiger partial charge < -0.3 is 10.5 Å². The van der Waals surface area contributed by atoms with Gasteiger partial charge in [-0.3, -0.25) is 10.1 Å². The van der Waals surface area contributed by atoms with E-state index in [0.29, 0.717) is 22.2 Å². The maximum Gasteiger partial charge on any atom is 0.339 e. The Hall–Kier alpha value is -3.81. The average molecular weight is 381 g/mol. The SMILES string of the molecule is C[C@H](OC(=O)c1cc(-c2ccc(F)cc2)nc2ccccc12)C(=O)NC(N)=O. The van der Waals surface area contributed by atoms with Crippen molar-refractivity contribution >= 4 is 28.8 Å². The third-order valence-corrected chi connectivity index (χ3v) is 3.98. The minimum absolute atomic E-state index is 0.184. The van der Waals surface area contributed by atoms with Gasteiger partial charge in [0.2, 0.25) is 0 Å². The van der Waals surface area contributed by atoms with E-state index < -0.39 is 29.8 Å². The predicted molar refractivity (Wildman–Crippen MR) is 99.7 cm³/mol. The Morgan fingerprint density at radius 3 is 2.46 bits per heavy atom. The molecule has 0 fully saturated rings. The number of aromatic nitrogens is 1. The minimum Gasteiger partial charge on any atom is -0.449 e. The van der Waals surface area contributed by atoms with E-state index in [2.05, 4.69) is 4.98 Å². The molecular formula is C20H16FN3O4. The highest BCUT2D eigenvalue weighted by molar-refractivity contribution is 6.05. The number of pyridine rings is 1. The minimum atomic E-state index is -1.24. The lowest BCUT2D eigenvalue weighted by atomic mass is 10.0. The number of ether oxygens (including phenoxy) is 1. The monoisotopic (exact) mass is 381 g/mol. The number of esters is 1. The van der Waals surface area contributed by atoms with Crippen LogP contribution in [0.3, 0.4) is 0 Å². The van der Waals surface area contributed by atoms with Gasteiger partial charge in [-0.2, -0.15) is 0 Å². The lowest BCUT2D eigenvalue weighted by molar-refractivity contribution is -0.127. The number of primary amides is 1. The van der Waals surface area contributed by atoms with E-state index in [1.165, 1.54) is 25.1 Å².